The third-order valence-corrected chi connectivity index (χ3v) is 7.89. The minimum atomic E-state index is -0.503. The van der Waals surface area contributed by atoms with E-state index >= 15 is 0 Å². The summed E-state index contributed by atoms with van der Waals surface area (Å²) in [5.41, 5.74) is -0.990. The zero-order chi connectivity index (χ0) is 26.7. The third kappa shape index (κ3) is 8.21. The van der Waals surface area contributed by atoms with Crippen molar-refractivity contribution in [2.75, 3.05) is 13.1 Å². The minimum Gasteiger partial charge on any atom is -0.444 e. The molecule has 0 spiro atoms. The molecular weight excluding hydrogens is 462 g/mol. The lowest BCUT2D eigenvalue weighted by molar-refractivity contribution is 0.0154. The van der Waals surface area contributed by atoms with E-state index in [0.717, 1.165) is 45.2 Å². The minimum absolute atomic E-state index is 0.124. The molecule has 9 heteroatoms. The number of ether oxygens (including phenoxy) is 2. The number of carbonyl (C=O) groups is 2. The van der Waals surface area contributed by atoms with Gasteiger partial charge in [-0.3, -0.25) is 0 Å². The first-order valence-corrected chi connectivity index (χ1v) is 13.8. The van der Waals surface area contributed by atoms with Crippen LogP contribution in [0, 0.1) is 23.7 Å². The number of hydrogen-bond donors (Lipinski definition) is 5. The lowest BCUT2D eigenvalue weighted by Gasteiger charge is -2.38. The Hall–Kier alpha value is -1.58. The summed E-state index contributed by atoms with van der Waals surface area (Å²) in [7, 11) is 0. The van der Waals surface area contributed by atoms with E-state index in [4.69, 9.17) is 9.47 Å². The van der Waals surface area contributed by atoms with Gasteiger partial charge in [-0.25, -0.2) is 9.59 Å². The second-order valence-corrected chi connectivity index (χ2v) is 13.1. The first-order chi connectivity index (χ1) is 16.7. The molecule has 4 rings (SSSR count). The summed E-state index contributed by atoms with van der Waals surface area (Å²) in [5, 5.41) is 29.2. The second-order valence-electron chi connectivity index (χ2n) is 13.1. The molecule has 9 nitrogen and oxygen atoms in total. The van der Waals surface area contributed by atoms with Crippen LogP contribution in [0.15, 0.2) is 0 Å². The van der Waals surface area contributed by atoms with E-state index in [1.807, 2.05) is 41.5 Å². The second kappa shape index (κ2) is 11.9. The topological polar surface area (TPSA) is 129 Å². The van der Waals surface area contributed by atoms with Crippen LogP contribution >= 0.6 is 0 Å². The standard InChI is InChI=1S/C14H25NO3.C13H24N2O3/c1-14(2,3)18-13(17)15-12-10-6-4-5-9(10)7-8-11(12)16;1-13(2,3)18-12(17)15-11-9-7-14-6-8(9)4-5-10(11)16/h9-12,16H,4-8H2,1-3H3,(H,15,17);8-11,14,16H,4-7H2,1-3H3,(H,15,17)/t9-,10-,11-,12-;8-,9+,10+,11+/m01/s1. The molecule has 1 heterocycles. The number of fused-ring (bicyclic) bond motifs is 2. The molecule has 0 unspecified atom stereocenters. The maximum absolute atomic E-state index is 11.8. The highest BCUT2D eigenvalue weighted by molar-refractivity contribution is 5.68. The molecule has 0 aromatic heterocycles. The van der Waals surface area contributed by atoms with Crippen LogP contribution in [-0.4, -0.2) is 71.0 Å². The summed E-state index contributed by atoms with van der Waals surface area (Å²) in [6.45, 7) is 12.9. The van der Waals surface area contributed by atoms with Crippen molar-refractivity contribution in [3.8, 4) is 0 Å². The van der Waals surface area contributed by atoms with Crippen molar-refractivity contribution in [1.29, 1.82) is 0 Å². The Labute approximate surface area is 216 Å². The molecule has 208 valence electrons. The zero-order valence-corrected chi connectivity index (χ0v) is 23.0. The Kier molecular flexibility index (Phi) is 9.55. The van der Waals surface area contributed by atoms with Crippen molar-refractivity contribution in [3.63, 3.8) is 0 Å². The maximum atomic E-state index is 11.8. The van der Waals surface area contributed by atoms with Gasteiger partial charge in [0.05, 0.1) is 24.3 Å². The van der Waals surface area contributed by atoms with Crippen LogP contribution in [0.3, 0.4) is 0 Å². The number of aliphatic hydroxyl groups is 2. The van der Waals surface area contributed by atoms with E-state index in [2.05, 4.69) is 16.0 Å². The number of amides is 2. The van der Waals surface area contributed by atoms with Crippen LogP contribution in [0.2, 0.25) is 0 Å². The third-order valence-electron chi connectivity index (χ3n) is 7.89. The average Bonchev–Trinajstić information content (AvgIpc) is 3.39. The Morgan fingerprint density at radius 2 is 1.19 bits per heavy atom. The van der Waals surface area contributed by atoms with Gasteiger partial charge in [0.15, 0.2) is 0 Å². The molecule has 3 aliphatic carbocycles. The molecule has 3 saturated carbocycles. The predicted molar refractivity (Wildman–Crippen MR) is 137 cm³/mol. The van der Waals surface area contributed by atoms with Gasteiger partial charge < -0.3 is 35.6 Å². The van der Waals surface area contributed by atoms with Crippen LogP contribution in [-0.2, 0) is 9.47 Å². The van der Waals surface area contributed by atoms with E-state index in [1.54, 1.807) is 0 Å². The van der Waals surface area contributed by atoms with Crippen LogP contribution in [0.4, 0.5) is 9.59 Å². The number of aliphatic hydroxyl groups excluding tert-OH is 2. The maximum Gasteiger partial charge on any atom is 0.407 e. The van der Waals surface area contributed by atoms with Gasteiger partial charge in [0.2, 0.25) is 0 Å². The smallest absolute Gasteiger partial charge is 0.407 e. The van der Waals surface area contributed by atoms with E-state index in [-0.39, 0.29) is 12.1 Å². The van der Waals surface area contributed by atoms with Crippen LogP contribution in [0.1, 0.15) is 86.5 Å². The molecule has 0 bridgehead atoms. The molecule has 8 atom stereocenters. The fourth-order valence-electron chi connectivity index (χ4n) is 6.38. The highest BCUT2D eigenvalue weighted by Gasteiger charge is 2.43. The number of alkyl carbamates (subject to hydrolysis) is 2. The monoisotopic (exact) mass is 511 g/mol. The highest BCUT2D eigenvalue weighted by Crippen LogP contribution is 2.42. The Morgan fingerprint density at radius 1 is 0.694 bits per heavy atom. The van der Waals surface area contributed by atoms with Crippen LogP contribution < -0.4 is 16.0 Å². The van der Waals surface area contributed by atoms with Crippen LogP contribution in [0.5, 0.6) is 0 Å². The summed E-state index contributed by atoms with van der Waals surface area (Å²) < 4.78 is 10.5. The highest BCUT2D eigenvalue weighted by atomic mass is 16.6. The molecule has 4 fully saturated rings. The first-order valence-electron chi connectivity index (χ1n) is 13.8. The van der Waals surface area contributed by atoms with Crippen LogP contribution in [0.25, 0.3) is 0 Å². The molecule has 1 saturated heterocycles. The summed E-state index contributed by atoms with van der Waals surface area (Å²) in [6.07, 6.45) is 5.53. The first kappa shape index (κ1) is 29.0. The van der Waals surface area contributed by atoms with E-state index in [1.165, 1.54) is 12.8 Å². The molecule has 4 aliphatic rings. The lowest BCUT2D eigenvalue weighted by Crippen LogP contribution is -2.53. The number of carbonyl (C=O) groups excluding carboxylic acids is 2. The van der Waals surface area contributed by atoms with Gasteiger partial charge in [-0.05, 0) is 104 Å². The Bertz CT molecular complexity index is 687. The van der Waals surface area contributed by atoms with Gasteiger partial charge in [0, 0.05) is 6.54 Å². The SMILES string of the molecule is CC(C)(C)OC(=O)N[C@H]1[C@H]2CCC[C@H]2CC[C@@H]1O.CC(C)(C)OC(=O)N[C@H]1[C@H]2CNC[C@H]2CC[C@@H]1O. The summed E-state index contributed by atoms with van der Waals surface area (Å²) in [5.74, 6) is 1.99. The van der Waals surface area contributed by atoms with E-state index in [0.29, 0.717) is 23.7 Å². The van der Waals surface area contributed by atoms with Gasteiger partial charge in [-0.1, -0.05) is 12.8 Å². The van der Waals surface area contributed by atoms with E-state index < -0.39 is 35.6 Å². The van der Waals surface area contributed by atoms with Gasteiger partial charge in [-0.2, -0.15) is 0 Å². The van der Waals surface area contributed by atoms with Crippen molar-refractivity contribution in [3.05, 3.63) is 0 Å². The molecule has 0 aromatic carbocycles. The molecular formula is C27H49N3O6. The number of rotatable bonds is 2. The molecule has 0 aromatic rings. The Morgan fingerprint density at radius 3 is 1.72 bits per heavy atom. The molecule has 1 aliphatic heterocycles. The van der Waals surface area contributed by atoms with Crippen molar-refractivity contribution in [2.24, 2.45) is 23.7 Å². The average molecular weight is 512 g/mol. The largest absolute Gasteiger partial charge is 0.444 e. The number of hydrogen-bond acceptors (Lipinski definition) is 7. The van der Waals surface area contributed by atoms with Crippen molar-refractivity contribution in [1.82, 2.24) is 16.0 Å². The molecule has 0 radical (unpaired) electrons. The summed E-state index contributed by atoms with van der Waals surface area (Å²) >= 11 is 0. The van der Waals surface area contributed by atoms with Crippen molar-refractivity contribution >= 4 is 12.2 Å². The van der Waals surface area contributed by atoms with Gasteiger partial charge in [0.25, 0.3) is 0 Å². The molecule has 36 heavy (non-hydrogen) atoms. The van der Waals surface area contributed by atoms with Gasteiger partial charge in [-0.15, -0.1) is 0 Å². The molecule has 5 N–H and O–H groups in total. The fourth-order valence-corrected chi connectivity index (χ4v) is 6.38. The van der Waals surface area contributed by atoms with Gasteiger partial charge >= 0.3 is 12.2 Å². The Balaban J connectivity index is 0.000000201. The normalized spacial score (nSPS) is 36.0. The van der Waals surface area contributed by atoms with Crippen molar-refractivity contribution in [2.45, 2.75) is 122 Å². The zero-order valence-electron chi connectivity index (χ0n) is 23.0. The summed E-state index contributed by atoms with van der Waals surface area (Å²) in [6, 6.07) is -0.310. The quantitative estimate of drug-likeness (QED) is 0.385. The number of nitrogens with one attached hydrogen (secondary N) is 3. The van der Waals surface area contributed by atoms with E-state index in [9.17, 15) is 19.8 Å². The fraction of sp³-hybridized carbons (Fsp3) is 0.926. The van der Waals surface area contributed by atoms with Crippen molar-refractivity contribution < 1.29 is 29.3 Å². The van der Waals surface area contributed by atoms with Gasteiger partial charge in [0.1, 0.15) is 11.2 Å². The molecule has 2 amide bonds. The lowest BCUT2D eigenvalue weighted by atomic mass is 9.76. The summed E-state index contributed by atoms with van der Waals surface area (Å²) in [4.78, 5) is 23.6. The predicted octanol–water partition coefficient (Wildman–Crippen LogP) is 3.32.